The van der Waals surface area contributed by atoms with Gasteiger partial charge in [-0.05, 0) is 6.07 Å². The van der Waals surface area contributed by atoms with Crippen LogP contribution in [0.3, 0.4) is 0 Å². The number of nitrogens with one attached hydrogen (secondary N) is 1. The topological polar surface area (TPSA) is 47.8 Å². The van der Waals surface area contributed by atoms with E-state index in [1.807, 2.05) is 28.9 Å². The molecule has 1 N–H and O–H groups in total. The van der Waals surface area contributed by atoms with Crippen LogP contribution < -0.4 is 10.1 Å². The van der Waals surface area contributed by atoms with Crippen molar-refractivity contribution in [2.45, 2.75) is 6.04 Å². The fourth-order valence-corrected chi connectivity index (χ4v) is 2.03. The van der Waals surface area contributed by atoms with Crippen molar-refractivity contribution in [2.75, 3.05) is 26.9 Å². The Hall–Kier alpha value is -1.59. The summed E-state index contributed by atoms with van der Waals surface area (Å²) in [5.41, 5.74) is 1.91. The van der Waals surface area contributed by atoms with E-state index in [1.165, 1.54) is 0 Å². The first kappa shape index (κ1) is 10.6. The van der Waals surface area contributed by atoms with Crippen LogP contribution in [-0.4, -0.2) is 36.3 Å². The Labute approximate surface area is 99.4 Å². The summed E-state index contributed by atoms with van der Waals surface area (Å²) in [6, 6.07) is 4.03. The van der Waals surface area contributed by atoms with Crippen molar-refractivity contribution in [3.05, 3.63) is 30.2 Å². The molecule has 0 aliphatic carbocycles. The fourth-order valence-electron chi connectivity index (χ4n) is 2.03. The normalized spacial score (nSPS) is 20.6. The minimum atomic E-state index is 0.189. The smallest absolute Gasteiger partial charge is 0.140 e. The van der Waals surface area contributed by atoms with Crippen molar-refractivity contribution >= 4 is 5.65 Å². The first-order valence-corrected chi connectivity index (χ1v) is 5.70. The predicted octanol–water partition coefficient (Wildman–Crippen LogP) is 1.00. The fraction of sp³-hybridized carbons (Fsp3) is 0.417. The summed E-state index contributed by atoms with van der Waals surface area (Å²) < 4.78 is 12.6. The minimum absolute atomic E-state index is 0.189. The average molecular weight is 233 g/mol. The molecule has 0 spiro atoms. The third kappa shape index (κ3) is 1.99. The third-order valence-corrected chi connectivity index (χ3v) is 2.96. The van der Waals surface area contributed by atoms with Crippen LogP contribution in [0.1, 0.15) is 11.7 Å². The number of ether oxygens (including phenoxy) is 2. The van der Waals surface area contributed by atoms with Gasteiger partial charge in [-0.15, -0.1) is 0 Å². The van der Waals surface area contributed by atoms with Gasteiger partial charge in [0.25, 0.3) is 0 Å². The third-order valence-electron chi connectivity index (χ3n) is 2.96. The van der Waals surface area contributed by atoms with Gasteiger partial charge in [0.05, 0.1) is 32.1 Å². The number of rotatable bonds is 2. The quantitative estimate of drug-likeness (QED) is 0.840. The molecule has 1 fully saturated rings. The van der Waals surface area contributed by atoms with E-state index < -0.39 is 0 Å². The van der Waals surface area contributed by atoms with Crippen molar-refractivity contribution < 1.29 is 9.47 Å². The summed E-state index contributed by atoms with van der Waals surface area (Å²) >= 11 is 0. The number of hydrogen-bond donors (Lipinski definition) is 1. The molecule has 1 aliphatic rings. The number of pyridine rings is 1. The summed E-state index contributed by atoms with van der Waals surface area (Å²) in [6.45, 7) is 2.33. The molecule has 5 heteroatoms. The molecule has 0 aromatic carbocycles. The summed E-state index contributed by atoms with van der Waals surface area (Å²) in [7, 11) is 1.66. The van der Waals surface area contributed by atoms with Gasteiger partial charge >= 0.3 is 0 Å². The highest BCUT2D eigenvalue weighted by Gasteiger charge is 2.18. The molecule has 1 unspecified atom stereocenters. The zero-order valence-corrected chi connectivity index (χ0v) is 9.72. The molecule has 2 aromatic heterocycles. The SMILES string of the molecule is COc1ccn2cc(C3COCCN3)nc2c1. The summed E-state index contributed by atoms with van der Waals surface area (Å²) in [5, 5.41) is 3.39. The minimum Gasteiger partial charge on any atom is -0.497 e. The van der Waals surface area contributed by atoms with E-state index in [9.17, 15) is 0 Å². The lowest BCUT2D eigenvalue weighted by Gasteiger charge is -2.21. The van der Waals surface area contributed by atoms with Gasteiger partial charge in [-0.3, -0.25) is 0 Å². The molecule has 0 radical (unpaired) electrons. The number of nitrogens with zero attached hydrogens (tertiary/aromatic N) is 2. The lowest BCUT2D eigenvalue weighted by molar-refractivity contribution is 0.0758. The predicted molar refractivity (Wildman–Crippen MR) is 63.3 cm³/mol. The number of morpholine rings is 1. The van der Waals surface area contributed by atoms with Gasteiger partial charge < -0.3 is 19.2 Å². The molecule has 1 aliphatic heterocycles. The van der Waals surface area contributed by atoms with E-state index in [2.05, 4.69) is 10.3 Å². The van der Waals surface area contributed by atoms with Crippen LogP contribution in [0, 0.1) is 0 Å². The number of hydrogen-bond acceptors (Lipinski definition) is 4. The highest BCUT2D eigenvalue weighted by molar-refractivity contribution is 5.46. The molecular formula is C12H15N3O2. The molecule has 0 amide bonds. The summed E-state index contributed by atoms with van der Waals surface area (Å²) in [4.78, 5) is 4.59. The molecule has 3 rings (SSSR count). The second kappa shape index (κ2) is 4.35. The van der Waals surface area contributed by atoms with E-state index in [1.54, 1.807) is 7.11 Å². The maximum Gasteiger partial charge on any atom is 0.140 e. The molecule has 5 nitrogen and oxygen atoms in total. The molecule has 0 bridgehead atoms. The zero-order chi connectivity index (χ0) is 11.7. The van der Waals surface area contributed by atoms with Gasteiger partial charge in [0.1, 0.15) is 11.4 Å². The van der Waals surface area contributed by atoms with Crippen molar-refractivity contribution in [1.29, 1.82) is 0 Å². The molecule has 17 heavy (non-hydrogen) atoms. The van der Waals surface area contributed by atoms with Crippen LogP contribution in [0.5, 0.6) is 5.75 Å². The first-order chi connectivity index (χ1) is 8.36. The van der Waals surface area contributed by atoms with Gasteiger partial charge in [-0.1, -0.05) is 0 Å². The zero-order valence-electron chi connectivity index (χ0n) is 9.72. The second-order valence-corrected chi connectivity index (χ2v) is 4.08. The Balaban J connectivity index is 1.95. The van der Waals surface area contributed by atoms with Crippen LogP contribution in [0.2, 0.25) is 0 Å². The van der Waals surface area contributed by atoms with Crippen molar-refractivity contribution in [1.82, 2.24) is 14.7 Å². The van der Waals surface area contributed by atoms with Crippen LogP contribution in [0.4, 0.5) is 0 Å². The highest BCUT2D eigenvalue weighted by Crippen LogP contribution is 2.18. The Morgan fingerprint density at radius 2 is 2.53 bits per heavy atom. The van der Waals surface area contributed by atoms with Crippen LogP contribution in [-0.2, 0) is 4.74 Å². The Morgan fingerprint density at radius 3 is 3.29 bits per heavy atom. The number of fused-ring (bicyclic) bond motifs is 1. The van der Waals surface area contributed by atoms with Crippen molar-refractivity contribution in [2.24, 2.45) is 0 Å². The Kier molecular flexibility index (Phi) is 2.70. The van der Waals surface area contributed by atoms with Crippen LogP contribution in [0.25, 0.3) is 5.65 Å². The van der Waals surface area contributed by atoms with Gasteiger partial charge in [-0.2, -0.15) is 0 Å². The maximum absolute atomic E-state index is 5.44. The molecule has 2 aromatic rings. The number of methoxy groups -OCH3 is 1. The van der Waals surface area contributed by atoms with Gasteiger partial charge in [-0.25, -0.2) is 4.98 Å². The van der Waals surface area contributed by atoms with E-state index in [-0.39, 0.29) is 6.04 Å². The van der Waals surface area contributed by atoms with E-state index in [0.29, 0.717) is 6.61 Å². The van der Waals surface area contributed by atoms with Crippen molar-refractivity contribution in [3.63, 3.8) is 0 Å². The molecule has 90 valence electrons. The van der Waals surface area contributed by atoms with Crippen molar-refractivity contribution in [3.8, 4) is 5.75 Å². The van der Waals surface area contributed by atoms with E-state index in [4.69, 9.17) is 9.47 Å². The number of imidazole rings is 1. The monoisotopic (exact) mass is 233 g/mol. The molecular weight excluding hydrogens is 218 g/mol. The van der Waals surface area contributed by atoms with Crippen LogP contribution >= 0.6 is 0 Å². The standard InChI is InChI=1S/C12H15N3O2/c1-16-9-2-4-15-7-10(14-12(15)6-9)11-8-17-5-3-13-11/h2,4,6-7,11,13H,3,5,8H2,1H3. The average Bonchev–Trinajstić information content (AvgIpc) is 2.82. The van der Waals surface area contributed by atoms with Gasteiger partial charge in [0.2, 0.25) is 0 Å². The van der Waals surface area contributed by atoms with Crippen LogP contribution in [0.15, 0.2) is 24.5 Å². The van der Waals surface area contributed by atoms with E-state index >= 15 is 0 Å². The number of aromatic nitrogens is 2. The van der Waals surface area contributed by atoms with Gasteiger partial charge in [0, 0.05) is 25.0 Å². The highest BCUT2D eigenvalue weighted by atomic mass is 16.5. The molecule has 0 saturated carbocycles. The molecule has 1 atom stereocenters. The molecule has 1 saturated heterocycles. The lowest BCUT2D eigenvalue weighted by Crippen LogP contribution is -2.34. The Morgan fingerprint density at radius 1 is 1.59 bits per heavy atom. The summed E-state index contributed by atoms with van der Waals surface area (Å²) in [5.74, 6) is 0.822. The Bertz CT molecular complexity index is 517. The lowest BCUT2D eigenvalue weighted by atomic mass is 10.2. The van der Waals surface area contributed by atoms with E-state index in [0.717, 1.165) is 30.2 Å². The van der Waals surface area contributed by atoms with Gasteiger partial charge in [0.15, 0.2) is 0 Å². The maximum atomic E-state index is 5.44. The summed E-state index contributed by atoms with van der Waals surface area (Å²) in [6.07, 6.45) is 3.98. The first-order valence-electron chi connectivity index (χ1n) is 5.70. The molecule has 3 heterocycles. The second-order valence-electron chi connectivity index (χ2n) is 4.08. The largest absolute Gasteiger partial charge is 0.497 e.